The molecule has 0 aromatic carbocycles. The Balaban J connectivity index is 2.11. The number of piperidine rings is 1. The average molecular weight is 318 g/mol. The summed E-state index contributed by atoms with van der Waals surface area (Å²) in [5.74, 6) is -0.401. The fraction of sp³-hybridized carbons (Fsp3) is 0.583. The van der Waals surface area contributed by atoms with Crippen molar-refractivity contribution in [1.29, 1.82) is 0 Å². The number of carboxylic acid groups (broad SMARTS) is 1. The van der Waals surface area contributed by atoms with Crippen LogP contribution in [0.4, 0.5) is 5.00 Å². The maximum atomic E-state index is 12.3. The molecule has 1 aliphatic heterocycles. The smallest absolute Gasteiger partial charge is 0.345 e. The SMILES string of the molecule is CC1CC(C)CN(S(=O)(=O)Nc2ccc(C(=O)O)s2)C1. The van der Waals surface area contributed by atoms with Crippen LogP contribution >= 0.6 is 11.3 Å². The highest BCUT2D eigenvalue weighted by molar-refractivity contribution is 7.90. The second-order valence-corrected chi connectivity index (χ2v) is 8.09. The number of rotatable bonds is 4. The number of thiophene rings is 1. The standard InChI is InChI=1S/C12H18N2O4S2/c1-8-5-9(2)7-14(6-8)20(17,18)13-11-4-3-10(19-11)12(15)16/h3-4,8-9,13H,5-7H2,1-2H3,(H,15,16). The molecule has 1 fully saturated rings. The summed E-state index contributed by atoms with van der Waals surface area (Å²) in [5.41, 5.74) is 0. The molecule has 20 heavy (non-hydrogen) atoms. The van der Waals surface area contributed by atoms with Gasteiger partial charge in [0.25, 0.3) is 0 Å². The van der Waals surface area contributed by atoms with Crippen molar-refractivity contribution in [2.45, 2.75) is 20.3 Å². The van der Waals surface area contributed by atoms with Crippen LogP contribution in [-0.4, -0.2) is 36.9 Å². The van der Waals surface area contributed by atoms with Gasteiger partial charge in [0.15, 0.2) is 0 Å². The van der Waals surface area contributed by atoms with Gasteiger partial charge in [-0.2, -0.15) is 12.7 Å². The first-order valence-corrected chi connectivity index (χ1v) is 8.64. The van der Waals surface area contributed by atoms with Crippen molar-refractivity contribution in [3.8, 4) is 0 Å². The minimum atomic E-state index is -3.61. The number of carboxylic acids is 1. The Morgan fingerprint density at radius 1 is 1.35 bits per heavy atom. The molecule has 2 heterocycles. The molecule has 8 heteroatoms. The Bertz CT molecular complexity index is 586. The van der Waals surface area contributed by atoms with E-state index in [1.165, 1.54) is 16.4 Å². The Hall–Kier alpha value is -1.12. The molecule has 0 aliphatic carbocycles. The van der Waals surface area contributed by atoms with Crippen LogP contribution in [0.3, 0.4) is 0 Å². The largest absolute Gasteiger partial charge is 0.477 e. The van der Waals surface area contributed by atoms with Crippen molar-refractivity contribution in [1.82, 2.24) is 4.31 Å². The lowest BCUT2D eigenvalue weighted by Crippen LogP contribution is -2.45. The fourth-order valence-corrected chi connectivity index (χ4v) is 4.93. The number of carbonyl (C=O) groups is 1. The molecule has 0 bridgehead atoms. The molecule has 0 spiro atoms. The van der Waals surface area contributed by atoms with E-state index >= 15 is 0 Å². The normalized spacial score (nSPS) is 24.5. The fourth-order valence-electron chi connectivity index (χ4n) is 2.50. The van der Waals surface area contributed by atoms with E-state index in [1.807, 2.05) is 13.8 Å². The van der Waals surface area contributed by atoms with Crippen molar-refractivity contribution >= 4 is 32.5 Å². The molecule has 1 aliphatic rings. The summed E-state index contributed by atoms with van der Waals surface area (Å²) in [6.07, 6.45) is 1.02. The minimum absolute atomic E-state index is 0.114. The van der Waals surface area contributed by atoms with Gasteiger partial charge in [-0.05, 0) is 30.4 Å². The van der Waals surface area contributed by atoms with E-state index in [0.717, 1.165) is 17.8 Å². The predicted octanol–water partition coefficient (Wildman–Crippen LogP) is 2.08. The second kappa shape index (κ2) is 5.71. The van der Waals surface area contributed by atoms with Gasteiger partial charge in [-0.15, -0.1) is 11.3 Å². The van der Waals surface area contributed by atoms with Gasteiger partial charge in [0.05, 0.1) is 0 Å². The number of anilines is 1. The van der Waals surface area contributed by atoms with Gasteiger partial charge in [-0.1, -0.05) is 13.8 Å². The Kier molecular flexibility index (Phi) is 4.36. The zero-order chi connectivity index (χ0) is 14.9. The molecule has 1 aromatic heterocycles. The number of nitrogens with zero attached hydrogens (tertiary/aromatic N) is 1. The molecule has 112 valence electrons. The Morgan fingerprint density at radius 2 is 1.95 bits per heavy atom. The number of hydrogen-bond acceptors (Lipinski definition) is 4. The van der Waals surface area contributed by atoms with Gasteiger partial charge in [0, 0.05) is 13.1 Å². The summed E-state index contributed by atoms with van der Waals surface area (Å²) < 4.78 is 28.5. The van der Waals surface area contributed by atoms with E-state index in [4.69, 9.17) is 5.11 Å². The third kappa shape index (κ3) is 3.50. The van der Waals surface area contributed by atoms with Crippen molar-refractivity contribution in [2.24, 2.45) is 11.8 Å². The van der Waals surface area contributed by atoms with Gasteiger partial charge in [-0.3, -0.25) is 4.72 Å². The number of nitrogens with one attached hydrogen (secondary N) is 1. The second-order valence-electron chi connectivity index (χ2n) is 5.34. The highest BCUT2D eigenvalue weighted by atomic mass is 32.2. The molecular formula is C12H18N2O4S2. The molecule has 0 saturated carbocycles. The van der Waals surface area contributed by atoms with E-state index in [1.54, 1.807) is 0 Å². The molecule has 6 nitrogen and oxygen atoms in total. The van der Waals surface area contributed by atoms with Crippen LogP contribution in [0.5, 0.6) is 0 Å². The van der Waals surface area contributed by atoms with Gasteiger partial charge in [-0.25, -0.2) is 4.79 Å². The van der Waals surface area contributed by atoms with Crippen LogP contribution in [-0.2, 0) is 10.2 Å². The lowest BCUT2D eigenvalue weighted by atomic mass is 9.94. The van der Waals surface area contributed by atoms with Crippen molar-refractivity contribution in [3.05, 3.63) is 17.0 Å². The molecule has 2 atom stereocenters. The van der Waals surface area contributed by atoms with Crippen LogP contribution < -0.4 is 4.72 Å². The van der Waals surface area contributed by atoms with Crippen LogP contribution in [0.25, 0.3) is 0 Å². The zero-order valence-corrected chi connectivity index (χ0v) is 13.0. The van der Waals surface area contributed by atoms with Crippen LogP contribution in [0.2, 0.25) is 0 Å². The molecular weight excluding hydrogens is 300 g/mol. The summed E-state index contributed by atoms with van der Waals surface area (Å²) in [6.45, 7) is 5.06. The van der Waals surface area contributed by atoms with Gasteiger partial charge in [0.2, 0.25) is 0 Å². The highest BCUT2D eigenvalue weighted by Gasteiger charge is 2.30. The van der Waals surface area contributed by atoms with Crippen LogP contribution in [0.1, 0.15) is 29.9 Å². The molecule has 2 N–H and O–H groups in total. The molecule has 0 amide bonds. The first-order chi connectivity index (χ1) is 9.28. The topological polar surface area (TPSA) is 86.7 Å². The summed E-state index contributed by atoms with van der Waals surface area (Å²) in [7, 11) is -3.61. The first kappa shape index (κ1) is 15.3. The molecule has 2 unspecified atom stereocenters. The summed E-state index contributed by atoms with van der Waals surface area (Å²) >= 11 is 0.917. The van der Waals surface area contributed by atoms with E-state index in [-0.39, 0.29) is 4.88 Å². The van der Waals surface area contributed by atoms with E-state index in [0.29, 0.717) is 29.9 Å². The van der Waals surface area contributed by atoms with E-state index in [9.17, 15) is 13.2 Å². The molecule has 0 radical (unpaired) electrons. The van der Waals surface area contributed by atoms with Gasteiger partial charge in [0.1, 0.15) is 9.88 Å². The predicted molar refractivity (Wildman–Crippen MR) is 78.3 cm³/mol. The first-order valence-electron chi connectivity index (χ1n) is 6.39. The van der Waals surface area contributed by atoms with Gasteiger partial charge < -0.3 is 5.11 Å². The maximum Gasteiger partial charge on any atom is 0.345 e. The number of hydrogen-bond donors (Lipinski definition) is 2. The minimum Gasteiger partial charge on any atom is -0.477 e. The third-order valence-corrected chi connectivity index (χ3v) is 5.80. The maximum absolute atomic E-state index is 12.3. The van der Waals surface area contributed by atoms with E-state index in [2.05, 4.69) is 4.72 Å². The quantitative estimate of drug-likeness (QED) is 0.890. The highest BCUT2D eigenvalue weighted by Crippen LogP contribution is 2.27. The monoisotopic (exact) mass is 318 g/mol. The average Bonchev–Trinajstić information content (AvgIpc) is 2.75. The molecule has 2 rings (SSSR count). The van der Waals surface area contributed by atoms with Crippen LogP contribution in [0.15, 0.2) is 12.1 Å². The Morgan fingerprint density at radius 3 is 2.45 bits per heavy atom. The van der Waals surface area contributed by atoms with Gasteiger partial charge >= 0.3 is 16.2 Å². The lowest BCUT2D eigenvalue weighted by molar-refractivity contribution is 0.0702. The number of aromatic carboxylic acids is 1. The Labute approximate surface area is 122 Å². The summed E-state index contributed by atoms with van der Waals surface area (Å²) in [4.78, 5) is 10.9. The molecule has 1 aromatic rings. The summed E-state index contributed by atoms with van der Waals surface area (Å²) in [6, 6.07) is 2.87. The lowest BCUT2D eigenvalue weighted by Gasteiger charge is -2.33. The summed E-state index contributed by atoms with van der Waals surface area (Å²) in [5, 5.41) is 9.16. The van der Waals surface area contributed by atoms with Crippen molar-refractivity contribution in [2.75, 3.05) is 17.8 Å². The van der Waals surface area contributed by atoms with Crippen LogP contribution in [0, 0.1) is 11.8 Å². The van der Waals surface area contributed by atoms with Crippen molar-refractivity contribution in [3.63, 3.8) is 0 Å². The van der Waals surface area contributed by atoms with E-state index < -0.39 is 16.2 Å². The zero-order valence-electron chi connectivity index (χ0n) is 11.4. The van der Waals surface area contributed by atoms with Crippen molar-refractivity contribution < 1.29 is 18.3 Å². The third-order valence-electron chi connectivity index (χ3n) is 3.22. The molecule has 1 saturated heterocycles.